The van der Waals surface area contributed by atoms with E-state index in [0.29, 0.717) is 5.92 Å². The molecule has 1 unspecified atom stereocenters. The van der Waals surface area contributed by atoms with Crippen LogP contribution in [0.25, 0.3) is 0 Å². The minimum atomic E-state index is -0.218. The van der Waals surface area contributed by atoms with Crippen molar-refractivity contribution in [3.05, 3.63) is 0 Å². The molecule has 1 fully saturated rings. The fraction of sp³-hybridized carbons (Fsp3) is 0.900. The normalized spacial score (nSPS) is 22.6. The second-order valence-corrected chi connectivity index (χ2v) is 4.70. The van der Waals surface area contributed by atoms with Crippen molar-refractivity contribution >= 4 is 16.8 Å². The Kier molecular flexibility index (Phi) is 4.35. The highest BCUT2D eigenvalue weighted by molar-refractivity contribution is 6.64. The van der Waals surface area contributed by atoms with Crippen LogP contribution in [0.15, 0.2) is 0 Å². The lowest BCUT2D eigenvalue weighted by Crippen LogP contribution is -2.52. The largest absolute Gasteiger partial charge is 0.304 e. The number of rotatable bonds is 3. The van der Waals surface area contributed by atoms with Gasteiger partial charge in [-0.25, -0.2) is 0 Å². The zero-order valence-corrected chi connectivity index (χ0v) is 9.92. The number of carbonyl (C=O) groups is 1. The smallest absolute Gasteiger partial charge is 0.239 e. The third-order valence-electron chi connectivity index (χ3n) is 2.80. The van der Waals surface area contributed by atoms with Crippen molar-refractivity contribution in [3.8, 4) is 0 Å². The van der Waals surface area contributed by atoms with E-state index in [2.05, 4.69) is 16.8 Å². The molecular formula is C10H19ClN2O. The second kappa shape index (κ2) is 5.10. The summed E-state index contributed by atoms with van der Waals surface area (Å²) in [5.74, 6) is 0.295. The molecule has 1 rings (SSSR count). The standard InChI is InChI=1S/C10H19ClN2O/c1-8(2)9(10(11)14)13-6-4-12(3)5-7-13/h8-9H,4-7H2,1-3H3. The van der Waals surface area contributed by atoms with E-state index in [4.69, 9.17) is 11.6 Å². The number of hydrogen-bond acceptors (Lipinski definition) is 3. The molecule has 4 heteroatoms. The van der Waals surface area contributed by atoms with Crippen molar-refractivity contribution in [2.75, 3.05) is 33.2 Å². The Morgan fingerprint density at radius 3 is 2.07 bits per heavy atom. The van der Waals surface area contributed by atoms with Gasteiger partial charge in [-0.2, -0.15) is 0 Å². The van der Waals surface area contributed by atoms with Crippen molar-refractivity contribution in [1.82, 2.24) is 9.80 Å². The van der Waals surface area contributed by atoms with Crippen LogP contribution >= 0.6 is 11.6 Å². The SMILES string of the molecule is CC(C)C(C(=O)Cl)N1CCN(C)CC1. The van der Waals surface area contributed by atoms with Gasteiger partial charge in [0.25, 0.3) is 0 Å². The summed E-state index contributed by atoms with van der Waals surface area (Å²) in [5, 5.41) is -0.218. The minimum absolute atomic E-state index is 0.106. The van der Waals surface area contributed by atoms with Crippen LogP contribution in [0.3, 0.4) is 0 Å². The summed E-state index contributed by atoms with van der Waals surface area (Å²) in [6.45, 7) is 8.02. The Labute approximate surface area is 91.0 Å². The summed E-state index contributed by atoms with van der Waals surface area (Å²) in [6.07, 6.45) is 0. The molecule has 0 aromatic rings. The maximum atomic E-state index is 11.3. The molecule has 3 nitrogen and oxygen atoms in total. The number of piperazine rings is 1. The van der Waals surface area contributed by atoms with E-state index >= 15 is 0 Å². The molecule has 1 saturated heterocycles. The van der Waals surface area contributed by atoms with Gasteiger partial charge in [0.05, 0.1) is 6.04 Å². The number of nitrogens with zero attached hydrogens (tertiary/aromatic N) is 2. The van der Waals surface area contributed by atoms with Crippen LogP contribution in [0.5, 0.6) is 0 Å². The zero-order valence-electron chi connectivity index (χ0n) is 9.16. The summed E-state index contributed by atoms with van der Waals surface area (Å²) in [5.41, 5.74) is 0. The van der Waals surface area contributed by atoms with Gasteiger partial charge in [-0.15, -0.1) is 0 Å². The molecular weight excluding hydrogens is 200 g/mol. The molecule has 0 N–H and O–H groups in total. The average molecular weight is 219 g/mol. The molecule has 0 aromatic heterocycles. The lowest BCUT2D eigenvalue weighted by atomic mass is 10.0. The van der Waals surface area contributed by atoms with E-state index in [-0.39, 0.29) is 11.3 Å². The van der Waals surface area contributed by atoms with Crippen LogP contribution in [0, 0.1) is 5.92 Å². The molecule has 0 spiro atoms. The second-order valence-electron chi connectivity index (χ2n) is 4.33. The Morgan fingerprint density at radius 1 is 1.21 bits per heavy atom. The topological polar surface area (TPSA) is 23.6 Å². The predicted molar refractivity (Wildman–Crippen MR) is 58.6 cm³/mol. The highest BCUT2D eigenvalue weighted by atomic mass is 35.5. The van der Waals surface area contributed by atoms with Crippen LogP contribution < -0.4 is 0 Å². The molecule has 1 aliphatic heterocycles. The lowest BCUT2D eigenvalue weighted by Gasteiger charge is -2.37. The van der Waals surface area contributed by atoms with Crippen LogP contribution in [0.2, 0.25) is 0 Å². The molecule has 0 amide bonds. The Morgan fingerprint density at radius 2 is 1.71 bits per heavy atom. The van der Waals surface area contributed by atoms with E-state index in [9.17, 15) is 4.79 Å². The number of hydrogen-bond donors (Lipinski definition) is 0. The van der Waals surface area contributed by atoms with Gasteiger partial charge in [0, 0.05) is 26.2 Å². The van der Waals surface area contributed by atoms with E-state index < -0.39 is 0 Å². The first-order chi connectivity index (χ1) is 6.52. The molecule has 0 saturated carbocycles. The quantitative estimate of drug-likeness (QED) is 0.661. The molecule has 14 heavy (non-hydrogen) atoms. The maximum Gasteiger partial charge on any atom is 0.239 e. The van der Waals surface area contributed by atoms with Crippen LogP contribution in [-0.4, -0.2) is 54.3 Å². The number of halogens is 1. The minimum Gasteiger partial charge on any atom is -0.304 e. The third kappa shape index (κ3) is 2.94. The average Bonchev–Trinajstić information content (AvgIpc) is 2.07. The first-order valence-corrected chi connectivity index (χ1v) is 5.52. The molecule has 82 valence electrons. The summed E-state index contributed by atoms with van der Waals surface area (Å²) in [7, 11) is 2.10. The van der Waals surface area contributed by atoms with Crippen LogP contribution in [0.4, 0.5) is 0 Å². The van der Waals surface area contributed by atoms with Crippen molar-refractivity contribution in [2.45, 2.75) is 19.9 Å². The summed E-state index contributed by atoms with van der Waals surface area (Å²) in [6, 6.07) is -0.106. The van der Waals surface area contributed by atoms with E-state index in [1.54, 1.807) is 0 Å². The fourth-order valence-corrected chi connectivity index (χ4v) is 2.32. The first-order valence-electron chi connectivity index (χ1n) is 5.14. The van der Waals surface area contributed by atoms with E-state index in [1.807, 2.05) is 13.8 Å². The van der Waals surface area contributed by atoms with Gasteiger partial charge in [0.2, 0.25) is 5.24 Å². The zero-order chi connectivity index (χ0) is 10.7. The van der Waals surface area contributed by atoms with Gasteiger partial charge < -0.3 is 4.90 Å². The van der Waals surface area contributed by atoms with Crippen molar-refractivity contribution < 1.29 is 4.79 Å². The number of likely N-dealkylation sites (N-methyl/N-ethyl adjacent to an activating group) is 1. The van der Waals surface area contributed by atoms with Crippen molar-refractivity contribution in [3.63, 3.8) is 0 Å². The summed E-state index contributed by atoms with van der Waals surface area (Å²) >= 11 is 5.61. The summed E-state index contributed by atoms with van der Waals surface area (Å²) in [4.78, 5) is 15.7. The Balaban J connectivity index is 2.56. The molecule has 1 atom stereocenters. The molecule has 0 radical (unpaired) electrons. The first kappa shape index (κ1) is 12.0. The number of carbonyl (C=O) groups excluding carboxylic acids is 1. The van der Waals surface area contributed by atoms with Crippen LogP contribution in [0.1, 0.15) is 13.8 Å². The van der Waals surface area contributed by atoms with E-state index in [1.165, 1.54) is 0 Å². The molecule has 0 bridgehead atoms. The van der Waals surface area contributed by atoms with Gasteiger partial charge in [-0.1, -0.05) is 13.8 Å². The summed E-state index contributed by atoms with van der Waals surface area (Å²) < 4.78 is 0. The molecule has 1 aliphatic rings. The highest BCUT2D eigenvalue weighted by Gasteiger charge is 2.29. The van der Waals surface area contributed by atoms with Crippen LogP contribution in [-0.2, 0) is 4.79 Å². The van der Waals surface area contributed by atoms with Gasteiger partial charge in [0.1, 0.15) is 0 Å². The van der Waals surface area contributed by atoms with Crippen molar-refractivity contribution in [2.24, 2.45) is 5.92 Å². The van der Waals surface area contributed by atoms with Gasteiger partial charge in [-0.05, 0) is 24.6 Å². The van der Waals surface area contributed by atoms with Crippen molar-refractivity contribution in [1.29, 1.82) is 0 Å². The van der Waals surface area contributed by atoms with Gasteiger partial charge in [-0.3, -0.25) is 9.69 Å². The third-order valence-corrected chi connectivity index (χ3v) is 3.02. The fourth-order valence-electron chi connectivity index (χ4n) is 1.93. The predicted octanol–water partition coefficient (Wildman–Crippen LogP) is 1.02. The molecule has 0 aliphatic carbocycles. The monoisotopic (exact) mass is 218 g/mol. The maximum absolute atomic E-state index is 11.3. The Bertz CT molecular complexity index is 200. The molecule has 1 heterocycles. The lowest BCUT2D eigenvalue weighted by molar-refractivity contribution is -0.118. The Hall–Kier alpha value is -0.120. The van der Waals surface area contributed by atoms with Gasteiger partial charge >= 0.3 is 0 Å². The molecule has 0 aromatic carbocycles. The van der Waals surface area contributed by atoms with Gasteiger partial charge in [0.15, 0.2) is 0 Å². The van der Waals surface area contributed by atoms with E-state index in [0.717, 1.165) is 26.2 Å². The highest BCUT2D eigenvalue weighted by Crippen LogP contribution is 2.15.